The number of aryl methyl sites for hydroxylation is 2. The fraction of sp³-hybridized carbons (Fsp3) is 0.292. The molecule has 1 unspecified atom stereocenters. The normalized spacial score (nSPS) is 12.1. The number of carbonyl (C=O) groups is 2. The highest BCUT2D eigenvalue weighted by atomic mass is 16.5. The summed E-state index contributed by atoms with van der Waals surface area (Å²) in [6, 6.07) is 9.67. The summed E-state index contributed by atoms with van der Waals surface area (Å²) in [6.45, 7) is 3.63. The number of aliphatic hydroxyl groups excluding tert-OH is 1. The number of aliphatic hydroxyl groups is 1. The Kier molecular flexibility index (Phi) is 6.32. The number of aromatic amines is 1. The number of esters is 1. The van der Waals surface area contributed by atoms with Gasteiger partial charge >= 0.3 is 5.97 Å². The average Bonchev–Trinajstić information content (AvgIpc) is 3.35. The first-order valence-electron chi connectivity index (χ1n) is 10.7. The molecular formula is C24H27N5O4. The average molecular weight is 450 g/mol. The van der Waals surface area contributed by atoms with Crippen LogP contribution >= 0.6 is 0 Å². The number of rotatable bonds is 8. The van der Waals surface area contributed by atoms with E-state index in [9.17, 15) is 14.7 Å². The number of pyridine rings is 1. The molecule has 0 bridgehead atoms. The third-order valence-corrected chi connectivity index (χ3v) is 5.54. The molecule has 33 heavy (non-hydrogen) atoms. The molecule has 0 saturated heterocycles. The largest absolute Gasteiger partial charge is 0.464 e. The van der Waals surface area contributed by atoms with E-state index in [1.54, 1.807) is 10.8 Å². The minimum absolute atomic E-state index is 0.0460. The second-order valence-electron chi connectivity index (χ2n) is 7.98. The van der Waals surface area contributed by atoms with E-state index >= 15 is 0 Å². The van der Waals surface area contributed by atoms with Gasteiger partial charge in [-0.05, 0) is 31.0 Å². The third-order valence-electron chi connectivity index (χ3n) is 5.54. The second kappa shape index (κ2) is 9.33. The van der Waals surface area contributed by atoms with Crippen molar-refractivity contribution < 1.29 is 19.4 Å². The first kappa shape index (κ1) is 22.3. The molecule has 4 rings (SSSR count). The third kappa shape index (κ3) is 4.40. The van der Waals surface area contributed by atoms with E-state index in [1.807, 2.05) is 37.4 Å². The molecule has 4 N–H and O–H groups in total. The van der Waals surface area contributed by atoms with Gasteiger partial charge in [-0.3, -0.25) is 4.79 Å². The van der Waals surface area contributed by atoms with Crippen molar-refractivity contribution >= 4 is 45.2 Å². The van der Waals surface area contributed by atoms with E-state index in [-0.39, 0.29) is 24.2 Å². The molecule has 0 aliphatic rings. The number of ether oxygens (including phenoxy) is 1. The maximum atomic E-state index is 12.8. The van der Waals surface area contributed by atoms with E-state index in [2.05, 4.69) is 26.7 Å². The van der Waals surface area contributed by atoms with Crippen LogP contribution in [-0.4, -0.2) is 51.3 Å². The predicted octanol–water partition coefficient (Wildman–Crippen LogP) is 3.30. The number of aromatic nitrogens is 3. The molecule has 0 fully saturated rings. The molecule has 3 heterocycles. The van der Waals surface area contributed by atoms with Crippen molar-refractivity contribution in [1.82, 2.24) is 14.5 Å². The summed E-state index contributed by atoms with van der Waals surface area (Å²) in [6.07, 6.45) is 4.25. The summed E-state index contributed by atoms with van der Waals surface area (Å²) in [4.78, 5) is 32.7. The van der Waals surface area contributed by atoms with Gasteiger partial charge in [0.25, 0.3) is 0 Å². The Labute approximate surface area is 190 Å². The molecule has 9 nitrogen and oxygen atoms in total. The van der Waals surface area contributed by atoms with Crippen LogP contribution in [0.15, 0.2) is 42.7 Å². The summed E-state index contributed by atoms with van der Waals surface area (Å²) in [5.74, 6) is -0.869. The van der Waals surface area contributed by atoms with Crippen LogP contribution in [0.5, 0.6) is 0 Å². The van der Waals surface area contributed by atoms with E-state index in [0.29, 0.717) is 35.4 Å². The van der Waals surface area contributed by atoms with Crippen molar-refractivity contribution in [2.24, 2.45) is 0 Å². The van der Waals surface area contributed by atoms with Crippen LogP contribution in [0, 0.1) is 0 Å². The lowest BCUT2D eigenvalue weighted by molar-refractivity contribution is -0.114. The molecule has 3 aromatic heterocycles. The molecule has 0 aliphatic carbocycles. The van der Waals surface area contributed by atoms with Gasteiger partial charge in [0, 0.05) is 42.0 Å². The van der Waals surface area contributed by atoms with Crippen LogP contribution < -0.4 is 10.6 Å². The SMILES string of the molecule is COC(=O)c1c(NC(C)=O)c2cc(NC(C)CO)cnc2n1CCc1c[nH]c2ccccc12. The fourth-order valence-electron chi connectivity index (χ4n) is 4.03. The molecule has 0 saturated carbocycles. The number of carbonyl (C=O) groups excluding carboxylic acids is 2. The van der Waals surface area contributed by atoms with Gasteiger partial charge in [-0.1, -0.05) is 18.2 Å². The Balaban J connectivity index is 1.82. The Morgan fingerprint density at radius 1 is 1.27 bits per heavy atom. The van der Waals surface area contributed by atoms with Crippen LogP contribution in [0.4, 0.5) is 11.4 Å². The molecule has 172 valence electrons. The van der Waals surface area contributed by atoms with Gasteiger partial charge in [-0.25, -0.2) is 9.78 Å². The summed E-state index contributed by atoms with van der Waals surface area (Å²) < 4.78 is 6.84. The van der Waals surface area contributed by atoms with Crippen molar-refractivity contribution in [2.75, 3.05) is 24.4 Å². The number of hydrogen-bond acceptors (Lipinski definition) is 6. The first-order chi connectivity index (χ1) is 15.9. The maximum absolute atomic E-state index is 12.8. The highest BCUT2D eigenvalue weighted by molar-refractivity contribution is 6.11. The number of H-pyrrole nitrogens is 1. The summed E-state index contributed by atoms with van der Waals surface area (Å²) in [5, 5.41) is 17.0. The van der Waals surface area contributed by atoms with Crippen molar-refractivity contribution in [3.05, 3.63) is 54.0 Å². The topological polar surface area (TPSA) is 121 Å². The Bertz CT molecular complexity index is 1320. The lowest BCUT2D eigenvalue weighted by atomic mass is 10.1. The van der Waals surface area contributed by atoms with Gasteiger partial charge in [0.2, 0.25) is 5.91 Å². The van der Waals surface area contributed by atoms with Gasteiger partial charge in [-0.15, -0.1) is 0 Å². The zero-order valence-corrected chi connectivity index (χ0v) is 18.8. The monoisotopic (exact) mass is 449 g/mol. The quantitative estimate of drug-likeness (QED) is 0.306. The maximum Gasteiger partial charge on any atom is 0.356 e. The van der Waals surface area contributed by atoms with Crippen LogP contribution in [0.25, 0.3) is 21.9 Å². The van der Waals surface area contributed by atoms with E-state index < -0.39 is 5.97 Å². The van der Waals surface area contributed by atoms with Crippen LogP contribution in [0.2, 0.25) is 0 Å². The number of nitrogens with zero attached hydrogens (tertiary/aromatic N) is 2. The number of methoxy groups -OCH3 is 1. The smallest absolute Gasteiger partial charge is 0.356 e. The highest BCUT2D eigenvalue weighted by Gasteiger charge is 2.26. The summed E-state index contributed by atoms with van der Waals surface area (Å²) >= 11 is 0. The number of benzene rings is 1. The minimum Gasteiger partial charge on any atom is -0.464 e. The summed E-state index contributed by atoms with van der Waals surface area (Å²) in [7, 11) is 1.31. The second-order valence-corrected chi connectivity index (χ2v) is 7.98. The Hall–Kier alpha value is -3.85. The Morgan fingerprint density at radius 3 is 2.79 bits per heavy atom. The number of para-hydroxylation sites is 1. The minimum atomic E-state index is -0.561. The van der Waals surface area contributed by atoms with Crippen molar-refractivity contribution in [3.63, 3.8) is 0 Å². The molecule has 1 amide bonds. The van der Waals surface area contributed by atoms with Crippen LogP contribution in [-0.2, 0) is 22.5 Å². The van der Waals surface area contributed by atoms with Gasteiger partial charge in [0.1, 0.15) is 5.65 Å². The summed E-state index contributed by atoms with van der Waals surface area (Å²) in [5.41, 5.74) is 3.98. The zero-order valence-electron chi connectivity index (χ0n) is 18.8. The van der Waals surface area contributed by atoms with E-state index in [1.165, 1.54) is 14.0 Å². The van der Waals surface area contributed by atoms with E-state index in [4.69, 9.17) is 4.74 Å². The lowest BCUT2D eigenvalue weighted by Gasteiger charge is -2.12. The number of fused-ring (bicyclic) bond motifs is 2. The molecule has 4 aromatic rings. The van der Waals surface area contributed by atoms with Crippen LogP contribution in [0.3, 0.4) is 0 Å². The highest BCUT2D eigenvalue weighted by Crippen LogP contribution is 2.33. The van der Waals surface area contributed by atoms with Crippen molar-refractivity contribution in [1.29, 1.82) is 0 Å². The van der Waals surface area contributed by atoms with Crippen LogP contribution in [0.1, 0.15) is 29.9 Å². The molecule has 0 spiro atoms. The molecule has 1 atom stereocenters. The van der Waals surface area contributed by atoms with Crippen molar-refractivity contribution in [2.45, 2.75) is 32.9 Å². The number of anilines is 2. The van der Waals surface area contributed by atoms with Gasteiger partial charge < -0.3 is 30.0 Å². The number of amides is 1. The lowest BCUT2D eigenvalue weighted by Crippen LogP contribution is -2.19. The number of nitrogens with one attached hydrogen (secondary N) is 3. The fourth-order valence-corrected chi connectivity index (χ4v) is 4.03. The first-order valence-corrected chi connectivity index (χ1v) is 10.7. The predicted molar refractivity (Wildman–Crippen MR) is 128 cm³/mol. The standard InChI is InChI=1S/C24H27N5O4/c1-14(13-30)27-17-10-19-21(28-15(2)31)22(24(32)33-3)29(23(19)26-12-17)9-8-16-11-25-20-7-5-4-6-18(16)20/h4-7,10-12,14,25,27,30H,8-9,13H2,1-3H3,(H,28,31). The van der Waals surface area contributed by atoms with Crippen molar-refractivity contribution in [3.8, 4) is 0 Å². The molecule has 0 aliphatic heterocycles. The Morgan fingerprint density at radius 2 is 2.06 bits per heavy atom. The molecule has 0 radical (unpaired) electrons. The molecular weight excluding hydrogens is 422 g/mol. The molecule has 9 heteroatoms. The molecule has 1 aromatic carbocycles. The number of hydrogen-bond donors (Lipinski definition) is 4. The van der Waals surface area contributed by atoms with E-state index in [0.717, 1.165) is 16.5 Å². The van der Waals surface area contributed by atoms with Gasteiger partial charge in [0.15, 0.2) is 5.69 Å². The van der Waals surface area contributed by atoms with Gasteiger partial charge in [-0.2, -0.15) is 0 Å². The van der Waals surface area contributed by atoms with Gasteiger partial charge in [0.05, 0.1) is 31.3 Å². The zero-order chi connectivity index (χ0) is 23.5.